The van der Waals surface area contributed by atoms with E-state index in [0.717, 1.165) is 37.0 Å². The van der Waals surface area contributed by atoms with Crippen LogP contribution in [0.1, 0.15) is 36.4 Å². The number of benzene rings is 1. The van der Waals surface area contributed by atoms with E-state index < -0.39 is 6.10 Å². The quantitative estimate of drug-likeness (QED) is 0.671. The summed E-state index contributed by atoms with van der Waals surface area (Å²) >= 11 is 0. The number of rotatable bonds is 7. The Bertz CT molecular complexity index is 465. The highest BCUT2D eigenvalue weighted by Crippen LogP contribution is 2.30. The summed E-state index contributed by atoms with van der Waals surface area (Å²) in [5, 5.41) is 15.8. The number of aliphatic hydroxyl groups is 1. The molecule has 0 heterocycles. The van der Waals surface area contributed by atoms with E-state index >= 15 is 0 Å². The van der Waals surface area contributed by atoms with Crippen LogP contribution in [0.5, 0.6) is 0 Å². The van der Waals surface area contributed by atoms with Gasteiger partial charge < -0.3 is 20.5 Å². The Kier molecular flexibility index (Phi) is 6.02. The van der Waals surface area contributed by atoms with Gasteiger partial charge >= 0.3 is 6.03 Å². The maximum atomic E-state index is 11.9. The lowest BCUT2D eigenvalue weighted by Crippen LogP contribution is -2.41. The first-order chi connectivity index (χ1) is 10.2. The van der Waals surface area contributed by atoms with Gasteiger partial charge in [-0.25, -0.2) is 4.79 Å². The fourth-order valence-corrected chi connectivity index (χ4v) is 2.69. The summed E-state index contributed by atoms with van der Waals surface area (Å²) in [5.41, 5.74) is 2.12. The van der Waals surface area contributed by atoms with Crippen LogP contribution in [0.15, 0.2) is 24.3 Å². The highest BCUT2D eigenvalue weighted by Gasteiger charge is 2.31. The van der Waals surface area contributed by atoms with Gasteiger partial charge in [0.1, 0.15) is 0 Å². The van der Waals surface area contributed by atoms with Gasteiger partial charge in [0.25, 0.3) is 0 Å². The predicted octanol–water partition coefficient (Wildman–Crippen LogP) is 1.76. The SMILES string of the molecule is COCCCCCNC(=O)NC1c2ccccc2CC1O. The van der Waals surface area contributed by atoms with Crippen LogP contribution in [0.25, 0.3) is 0 Å². The van der Waals surface area contributed by atoms with Gasteiger partial charge in [-0.2, -0.15) is 0 Å². The first-order valence-corrected chi connectivity index (χ1v) is 7.51. The molecule has 1 aromatic rings. The molecule has 0 saturated carbocycles. The number of amides is 2. The van der Waals surface area contributed by atoms with Crippen LogP contribution in [-0.4, -0.2) is 37.5 Å². The van der Waals surface area contributed by atoms with Crippen molar-refractivity contribution >= 4 is 6.03 Å². The van der Waals surface area contributed by atoms with Crippen molar-refractivity contribution in [3.8, 4) is 0 Å². The van der Waals surface area contributed by atoms with Crippen LogP contribution in [0.3, 0.4) is 0 Å². The second kappa shape index (κ2) is 8.00. The van der Waals surface area contributed by atoms with Gasteiger partial charge in [-0.05, 0) is 30.4 Å². The fourth-order valence-electron chi connectivity index (χ4n) is 2.69. The molecule has 2 amide bonds. The Morgan fingerprint density at radius 1 is 1.33 bits per heavy atom. The zero-order valence-electron chi connectivity index (χ0n) is 12.5. The van der Waals surface area contributed by atoms with E-state index in [1.54, 1.807) is 7.11 Å². The number of carbonyl (C=O) groups is 1. The zero-order chi connectivity index (χ0) is 15.1. The van der Waals surface area contributed by atoms with Crippen LogP contribution in [-0.2, 0) is 11.2 Å². The van der Waals surface area contributed by atoms with Crippen molar-refractivity contribution in [1.82, 2.24) is 10.6 Å². The van der Waals surface area contributed by atoms with Crippen molar-refractivity contribution in [2.45, 2.75) is 37.8 Å². The Hall–Kier alpha value is -1.59. The van der Waals surface area contributed by atoms with Crippen molar-refractivity contribution in [3.63, 3.8) is 0 Å². The molecule has 2 rings (SSSR count). The number of unbranched alkanes of at least 4 members (excludes halogenated alkanes) is 2. The Morgan fingerprint density at radius 2 is 2.14 bits per heavy atom. The maximum absolute atomic E-state index is 11.9. The average Bonchev–Trinajstić information content (AvgIpc) is 2.79. The number of methoxy groups -OCH3 is 1. The van der Waals surface area contributed by atoms with Crippen LogP contribution < -0.4 is 10.6 Å². The van der Waals surface area contributed by atoms with Crippen molar-refractivity contribution in [1.29, 1.82) is 0 Å². The van der Waals surface area contributed by atoms with E-state index in [0.29, 0.717) is 13.0 Å². The number of hydrogen-bond donors (Lipinski definition) is 3. The molecule has 0 saturated heterocycles. The average molecular weight is 292 g/mol. The smallest absolute Gasteiger partial charge is 0.315 e. The monoisotopic (exact) mass is 292 g/mol. The minimum atomic E-state index is -0.546. The van der Waals surface area contributed by atoms with Crippen LogP contribution in [0, 0.1) is 0 Å². The molecule has 5 heteroatoms. The third kappa shape index (κ3) is 4.44. The Labute approximate surface area is 125 Å². The molecule has 0 fully saturated rings. The first-order valence-electron chi connectivity index (χ1n) is 7.51. The largest absolute Gasteiger partial charge is 0.390 e. The molecule has 0 radical (unpaired) electrons. The highest BCUT2D eigenvalue weighted by molar-refractivity contribution is 5.74. The Balaban J connectivity index is 1.73. The van der Waals surface area contributed by atoms with Crippen molar-refractivity contribution in [2.75, 3.05) is 20.3 Å². The van der Waals surface area contributed by atoms with Crippen LogP contribution >= 0.6 is 0 Å². The Morgan fingerprint density at radius 3 is 2.95 bits per heavy atom. The molecule has 1 aromatic carbocycles. The molecule has 1 aliphatic rings. The topological polar surface area (TPSA) is 70.6 Å². The number of urea groups is 1. The molecule has 2 unspecified atom stereocenters. The minimum absolute atomic E-state index is 0.220. The molecule has 1 aliphatic carbocycles. The van der Waals surface area contributed by atoms with E-state index in [9.17, 15) is 9.90 Å². The van der Waals surface area contributed by atoms with Gasteiger partial charge in [-0.3, -0.25) is 0 Å². The lowest BCUT2D eigenvalue weighted by molar-refractivity contribution is 0.142. The summed E-state index contributed by atoms with van der Waals surface area (Å²) in [6.07, 6.45) is 3.02. The number of aliphatic hydroxyl groups excluding tert-OH is 1. The molecule has 5 nitrogen and oxygen atoms in total. The lowest BCUT2D eigenvalue weighted by Gasteiger charge is -2.18. The summed E-state index contributed by atoms with van der Waals surface area (Å²) in [4.78, 5) is 11.9. The number of carbonyl (C=O) groups excluding carboxylic acids is 1. The van der Waals surface area contributed by atoms with Gasteiger partial charge in [0.05, 0.1) is 12.1 Å². The summed E-state index contributed by atoms with van der Waals surface area (Å²) in [7, 11) is 1.69. The van der Waals surface area contributed by atoms with Gasteiger partial charge in [-0.15, -0.1) is 0 Å². The highest BCUT2D eigenvalue weighted by atomic mass is 16.5. The van der Waals surface area contributed by atoms with E-state index in [1.165, 1.54) is 0 Å². The van der Waals surface area contributed by atoms with E-state index in [-0.39, 0.29) is 12.1 Å². The van der Waals surface area contributed by atoms with Gasteiger partial charge in [0.2, 0.25) is 0 Å². The van der Waals surface area contributed by atoms with E-state index in [2.05, 4.69) is 10.6 Å². The second-order valence-electron chi connectivity index (χ2n) is 5.40. The second-order valence-corrected chi connectivity index (χ2v) is 5.40. The molecule has 0 aromatic heterocycles. The number of nitrogens with one attached hydrogen (secondary N) is 2. The van der Waals surface area contributed by atoms with Crippen LogP contribution in [0.4, 0.5) is 4.79 Å². The summed E-state index contributed by atoms with van der Waals surface area (Å²) in [5.74, 6) is 0. The molecule has 21 heavy (non-hydrogen) atoms. The summed E-state index contributed by atoms with van der Waals surface area (Å²) < 4.78 is 4.98. The number of hydrogen-bond acceptors (Lipinski definition) is 3. The molecular weight excluding hydrogens is 268 g/mol. The van der Waals surface area contributed by atoms with E-state index in [4.69, 9.17) is 4.74 Å². The van der Waals surface area contributed by atoms with Gasteiger partial charge in [-0.1, -0.05) is 24.3 Å². The van der Waals surface area contributed by atoms with Crippen molar-refractivity contribution < 1.29 is 14.6 Å². The summed E-state index contributed by atoms with van der Waals surface area (Å²) in [6, 6.07) is 7.31. The molecule has 2 atom stereocenters. The summed E-state index contributed by atoms with van der Waals surface area (Å²) in [6.45, 7) is 1.40. The van der Waals surface area contributed by atoms with Gasteiger partial charge in [0.15, 0.2) is 0 Å². The van der Waals surface area contributed by atoms with Crippen molar-refractivity contribution in [2.24, 2.45) is 0 Å². The molecule has 0 bridgehead atoms. The molecule has 116 valence electrons. The van der Waals surface area contributed by atoms with Crippen molar-refractivity contribution in [3.05, 3.63) is 35.4 Å². The number of ether oxygens (including phenoxy) is 1. The molecular formula is C16H24N2O3. The molecule has 3 N–H and O–H groups in total. The first kappa shape index (κ1) is 15.8. The molecule has 0 spiro atoms. The minimum Gasteiger partial charge on any atom is -0.390 e. The third-order valence-corrected chi connectivity index (χ3v) is 3.80. The van der Waals surface area contributed by atoms with E-state index in [1.807, 2.05) is 24.3 Å². The maximum Gasteiger partial charge on any atom is 0.315 e. The predicted molar refractivity (Wildman–Crippen MR) is 81.2 cm³/mol. The van der Waals surface area contributed by atoms with Crippen LogP contribution in [0.2, 0.25) is 0 Å². The fraction of sp³-hybridized carbons (Fsp3) is 0.562. The normalized spacial score (nSPS) is 20.1. The third-order valence-electron chi connectivity index (χ3n) is 3.80. The van der Waals surface area contributed by atoms with Gasteiger partial charge in [0, 0.05) is 26.7 Å². The zero-order valence-corrected chi connectivity index (χ0v) is 12.5. The lowest BCUT2D eigenvalue weighted by atomic mass is 10.1. The molecule has 0 aliphatic heterocycles. The number of fused-ring (bicyclic) bond motifs is 1. The standard InChI is InChI=1S/C16H24N2O3/c1-21-10-6-2-5-9-17-16(20)18-15-13-8-4-3-7-12(13)11-14(15)19/h3-4,7-8,14-15,19H,2,5-6,9-11H2,1H3,(H2,17,18,20).